The third-order valence-electron chi connectivity index (χ3n) is 4.28. The summed E-state index contributed by atoms with van der Waals surface area (Å²) < 4.78 is 18.9. The number of quaternary nitrogens is 1. The van der Waals surface area contributed by atoms with Gasteiger partial charge in [0.1, 0.15) is 18.9 Å². The molecule has 1 atom stereocenters. The molecular weight excluding hydrogens is 333 g/mol. The lowest BCUT2D eigenvalue weighted by Crippen LogP contribution is -3.14. The minimum atomic E-state index is -0.187. The number of hydrogen-bond donors (Lipinski definition) is 3. The molecule has 2 heterocycles. The first-order valence-electron chi connectivity index (χ1n) is 8.10. The van der Waals surface area contributed by atoms with Crippen LogP contribution in [0.5, 0.6) is 0 Å². The highest BCUT2D eigenvalue weighted by Crippen LogP contribution is 2.36. The van der Waals surface area contributed by atoms with E-state index in [0.717, 1.165) is 62.0 Å². The standard InChI is InChI=1S/C16H22FN3OS2/c17-12-1-2-15-13(11-12)14(3-10-23-15)19-16(22)18-4-5-20-6-8-21-9-7-20/h1-2,11,14H,3-10H2,(H2,18,19,22)/p+1/t14-/m1/s1. The summed E-state index contributed by atoms with van der Waals surface area (Å²) in [5, 5.41) is 7.28. The molecule has 3 rings (SSSR count). The van der Waals surface area contributed by atoms with Gasteiger partial charge in [-0.2, -0.15) is 0 Å². The Labute approximate surface area is 146 Å². The number of morpholine rings is 1. The molecule has 1 fully saturated rings. The molecule has 2 aliphatic rings. The predicted molar refractivity (Wildman–Crippen MR) is 94.6 cm³/mol. The van der Waals surface area contributed by atoms with E-state index in [9.17, 15) is 4.39 Å². The van der Waals surface area contributed by atoms with E-state index in [1.54, 1.807) is 22.7 Å². The molecule has 3 N–H and O–H groups in total. The molecule has 1 saturated heterocycles. The molecule has 7 heteroatoms. The molecule has 1 aromatic carbocycles. The monoisotopic (exact) mass is 356 g/mol. The van der Waals surface area contributed by atoms with Crippen LogP contribution in [0.2, 0.25) is 0 Å². The van der Waals surface area contributed by atoms with Crippen LogP contribution in [0.1, 0.15) is 18.0 Å². The molecular formula is C16H23FN3OS2+. The molecule has 0 amide bonds. The fourth-order valence-corrected chi connectivity index (χ4v) is 4.34. The minimum Gasteiger partial charge on any atom is -0.370 e. The van der Waals surface area contributed by atoms with Crippen LogP contribution < -0.4 is 15.5 Å². The number of fused-ring (bicyclic) bond motifs is 1. The number of benzene rings is 1. The summed E-state index contributed by atoms with van der Waals surface area (Å²) in [7, 11) is 0. The highest BCUT2D eigenvalue weighted by Gasteiger charge is 2.22. The number of ether oxygens (including phenoxy) is 1. The van der Waals surface area contributed by atoms with Crippen molar-refractivity contribution in [1.82, 2.24) is 10.6 Å². The highest BCUT2D eigenvalue weighted by atomic mass is 32.2. The fourth-order valence-electron chi connectivity index (χ4n) is 2.99. The Morgan fingerprint density at radius 1 is 1.39 bits per heavy atom. The van der Waals surface area contributed by atoms with Crippen molar-refractivity contribution in [2.24, 2.45) is 0 Å². The van der Waals surface area contributed by atoms with E-state index >= 15 is 0 Å². The maximum absolute atomic E-state index is 13.5. The van der Waals surface area contributed by atoms with Crippen molar-refractivity contribution in [2.75, 3.05) is 45.1 Å². The van der Waals surface area contributed by atoms with Gasteiger partial charge in [-0.25, -0.2) is 4.39 Å². The Kier molecular flexibility index (Phi) is 6.10. The first-order valence-corrected chi connectivity index (χ1v) is 9.49. The van der Waals surface area contributed by atoms with Crippen molar-refractivity contribution in [1.29, 1.82) is 0 Å². The Hall–Kier alpha value is -0.890. The molecule has 1 aromatic rings. The van der Waals surface area contributed by atoms with Gasteiger partial charge in [0.15, 0.2) is 5.11 Å². The first kappa shape index (κ1) is 17.0. The van der Waals surface area contributed by atoms with Crippen LogP contribution >= 0.6 is 24.0 Å². The molecule has 0 spiro atoms. The molecule has 0 aromatic heterocycles. The van der Waals surface area contributed by atoms with E-state index in [1.807, 2.05) is 6.07 Å². The van der Waals surface area contributed by atoms with E-state index < -0.39 is 0 Å². The molecule has 23 heavy (non-hydrogen) atoms. The van der Waals surface area contributed by atoms with Crippen molar-refractivity contribution in [3.05, 3.63) is 29.6 Å². The van der Waals surface area contributed by atoms with Gasteiger partial charge in [0.25, 0.3) is 0 Å². The number of halogens is 1. The van der Waals surface area contributed by atoms with Gasteiger partial charge >= 0.3 is 0 Å². The number of hydrogen-bond acceptors (Lipinski definition) is 3. The summed E-state index contributed by atoms with van der Waals surface area (Å²) in [6.45, 7) is 5.71. The second kappa shape index (κ2) is 8.28. The summed E-state index contributed by atoms with van der Waals surface area (Å²) in [5.74, 6) is 0.837. The second-order valence-corrected chi connectivity index (χ2v) is 7.43. The zero-order chi connectivity index (χ0) is 16.1. The second-order valence-electron chi connectivity index (χ2n) is 5.88. The van der Waals surface area contributed by atoms with Gasteiger partial charge in [-0.15, -0.1) is 11.8 Å². The lowest BCUT2D eigenvalue weighted by Gasteiger charge is -2.28. The van der Waals surface area contributed by atoms with Crippen molar-refractivity contribution in [3.8, 4) is 0 Å². The van der Waals surface area contributed by atoms with E-state index in [1.165, 1.54) is 6.07 Å². The van der Waals surface area contributed by atoms with Gasteiger partial charge in [0, 0.05) is 10.6 Å². The van der Waals surface area contributed by atoms with Gasteiger partial charge < -0.3 is 20.3 Å². The molecule has 2 aliphatic heterocycles. The third kappa shape index (κ3) is 4.79. The topological polar surface area (TPSA) is 37.7 Å². The largest absolute Gasteiger partial charge is 0.370 e. The van der Waals surface area contributed by atoms with Crippen molar-refractivity contribution in [2.45, 2.75) is 17.4 Å². The average molecular weight is 357 g/mol. The summed E-state index contributed by atoms with van der Waals surface area (Å²) >= 11 is 7.19. The Bertz CT molecular complexity index is 552. The molecule has 0 saturated carbocycles. The smallest absolute Gasteiger partial charge is 0.166 e. The Morgan fingerprint density at radius 2 is 2.22 bits per heavy atom. The Balaban J connectivity index is 1.48. The summed E-state index contributed by atoms with van der Waals surface area (Å²) in [5.41, 5.74) is 1.02. The normalized spacial score (nSPS) is 21.5. The van der Waals surface area contributed by atoms with Crippen LogP contribution in [0.3, 0.4) is 0 Å². The minimum absolute atomic E-state index is 0.0951. The zero-order valence-electron chi connectivity index (χ0n) is 13.1. The van der Waals surface area contributed by atoms with E-state index in [4.69, 9.17) is 17.0 Å². The van der Waals surface area contributed by atoms with Crippen molar-refractivity contribution < 1.29 is 14.0 Å². The Morgan fingerprint density at radius 3 is 3.04 bits per heavy atom. The van der Waals surface area contributed by atoms with Crippen molar-refractivity contribution >= 4 is 29.1 Å². The first-order chi connectivity index (χ1) is 11.2. The van der Waals surface area contributed by atoms with Crippen LogP contribution in [0, 0.1) is 5.82 Å². The SMILES string of the molecule is Fc1ccc2c(c1)[C@H](NC(=S)NCC[NH+]1CCOCC1)CCS2. The highest BCUT2D eigenvalue weighted by molar-refractivity contribution is 7.99. The lowest BCUT2D eigenvalue weighted by molar-refractivity contribution is -0.906. The molecule has 4 nitrogen and oxygen atoms in total. The van der Waals surface area contributed by atoms with Crippen LogP contribution in [-0.4, -0.2) is 50.3 Å². The van der Waals surface area contributed by atoms with Crippen LogP contribution in [0.4, 0.5) is 4.39 Å². The van der Waals surface area contributed by atoms with E-state index in [-0.39, 0.29) is 11.9 Å². The van der Waals surface area contributed by atoms with Gasteiger partial charge in [-0.05, 0) is 42.4 Å². The summed E-state index contributed by atoms with van der Waals surface area (Å²) in [6.07, 6.45) is 0.956. The van der Waals surface area contributed by atoms with Crippen LogP contribution in [0.25, 0.3) is 0 Å². The maximum Gasteiger partial charge on any atom is 0.166 e. The number of nitrogens with one attached hydrogen (secondary N) is 3. The third-order valence-corrected chi connectivity index (χ3v) is 5.67. The van der Waals surface area contributed by atoms with Crippen LogP contribution in [-0.2, 0) is 4.74 Å². The van der Waals surface area contributed by atoms with E-state index in [2.05, 4.69) is 10.6 Å². The van der Waals surface area contributed by atoms with Gasteiger partial charge in [0.2, 0.25) is 0 Å². The van der Waals surface area contributed by atoms with Crippen LogP contribution in [0.15, 0.2) is 23.1 Å². The summed E-state index contributed by atoms with van der Waals surface area (Å²) in [4.78, 5) is 2.70. The summed E-state index contributed by atoms with van der Waals surface area (Å²) in [6, 6.07) is 5.11. The number of thioether (sulfide) groups is 1. The maximum atomic E-state index is 13.5. The molecule has 126 valence electrons. The molecule has 0 bridgehead atoms. The number of rotatable bonds is 4. The predicted octanol–water partition coefficient (Wildman–Crippen LogP) is 0.742. The van der Waals surface area contributed by atoms with Gasteiger partial charge in [-0.1, -0.05) is 0 Å². The molecule has 0 radical (unpaired) electrons. The number of thiocarbonyl (C=S) groups is 1. The van der Waals surface area contributed by atoms with Gasteiger partial charge in [0.05, 0.1) is 32.3 Å². The lowest BCUT2D eigenvalue weighted by atomic mass is 10.0. The van der Waals surface area contributed by atoms with Gasteiger partial charge in [-0.3, -0.25) is 0 Å². The van der Waals surface area contributed by atoms with Crippen molar-refractivity contribution in [3.63, 3.8) is 0 Å². The molecule has 0 unspecified atom stereocenters. The zero-order valence-corrected chi connectivity index (χ0v) is 14.7. The fraction of sp³-hybridized carbons (Fsp3) is 0.562. The van der Waals surface area contributed by atoms with E-state index in [0.29, 0.717) is 5.11 Å². The average Bonchev–Trinajstić information content (AvgIpc) is 2.56. The molecule has 0 aliphatic carbocycles. The quantitative estimate of drug-likeness (QED) is 0.694.